The first-order valence-electron chi connectivity index (χ1n) is 9.56. The molecule has 0 aliphatic heterocycles. The second kappa shape index (κ2) is 8.17. The van der Waals surface area contributed by atoms with Gasteiger partial charge in [-0.3, -0.25) is 0 Å². The van der Waals surface area contributed by atoms with Crippen LogP contribution in [-0.4, -0.2) is 23.3 Å². The van der Waals surface area contributed by atoms with Crippen molar-refractivity contribution in [3.63, 3.8) is 0 Å². The van der Waals surface area contributed by atoms with Gasteiger partial charge in [0.2, 0.25) is 0 Å². The van der Waals surface area contributed by atoms with Gasteiger partial charge in [0.1, 0.15) is 11.5 Å². The monoisotopic (exact) mass is 352 g/mol. The molecule has 0 spiro atoms. The van der Waals surface area contributed by atoms with E-state index in [4.69, 9.17) is 0 Å². The van der Waals surface area contributed by atoms with E-state index in [0.29, 0.717) is 21.5 Å². The van der Waals surface area contributed by atoms with Gasteiger partial charge in [0.15, 0.2) is 0 Å². The van der Waals surface area contributed by atoms with Crippen LogP contribution in [0.1, 0.15) is 39.5 Å². The Morgan fingerprint density at radius 1 is 0.692 bits per heavy atom. The van der Waals surface area contributed by atoms with Crippen LogP contribution in [0.15, 0.2) is 36.4 Å². The standard InChI is InChI=1S/C22H28N2O2/c1-3-5-13-23-17-11-12-18(24-14-6-4-2)20-19(17)21(25)15-9-7-8-10-16(15)22(20)26/h7-12,23-26H,3-6,13-14H2,1-2H3. The summed E-state index contributed by atoms with van der Waals surface area (Å²) in [6.45, 7) is 5.97. The molecule has 0 unspecified atom stereocenters. The lowest BCUT2D eigenvalue weighted by molar-refractivity contribution is 0.478. The number of hydrogen-bond acceptors (Lipinski definition) is 4. The third-order valence-electron chi connectivity index (χ3n) is 4.81. The van der Waals surface area contributed by atoms with Gasteiger partial charge in [-0.1, -0.05) is 51.0 Å². The van der Waals surface area contributed by atoms with E-state index in [0.717, 1.165) is 50.1 Å². The van der Waals surface area contributed by atoms with E-state index >= 15 is 0 Å². The zero-order valence-electron chi connectivity index (χ0n) is 15.6. The predicted octanol–water partition coefficient (Wildman–Crippen LogP) is 5.83. The third kappa shape index (κ3) is 3.36. The van der Waals surface area contributed by atoms with Crippen LogP contribution in [-0.2, 0) is 0 Å². The SMILES string of the molecule is CCCCNc1ccc(NCCCC)c2c(O)c3ccccc3c(O)c12. The fourth-order valence-electron chi connectivity index (χ4n) is 3.35. The van der Waals surface area contributed by atoms with Crippen LogP contribution in [0, 0.1) is 0 Å². The van der Waals surface area contributed by atoms with Gasteiger partial charge in [-0.2, -0.15) is 0 Å². The number of unbranched alkanes of at least 4 members (excludes halogenated alkanes) is 2. The molecule has 0 amide bonds. The Morgan fingerprint density at radius 3 is 1.50 bits per heavy atom. The molecular weight excluding hydrogens is 324 g/mol. The number of aromatic hydroxyl groups is 2. The summed E-state index contributed by atoms with van der Waals surface area (Å²) in [5.41, 5.74) is 1.71. The van der Waals surface area contributed by atoms with Gasteiger partial charge in [0, 0.05) is 35.2 Å². The molecule has 0 aliphatic carbocycles. The normalized spacial score (nSPS) is 11.2. The van der Waals surface area contributed by atoms with E-state index in [-0.39, 0.29) is 11.5 Å². The van der Waals surface area contributed by atoms with Crippen molar-refractivity contribution >= 4 is 32.9 Å². The number of nitrogens with one attached hydrogen (secondary N) is 2. The second-order valence-corrected chi connectivity index (χ2v) is 6.71. The number of anilines is 2. The highest BCUT2D eigenvalue weighted by atomic mass is 16.3. The maximum atomic E-state index is 11.0. The molecule has 0 atom stereocenters. The molecule has 0 saturated carbocycles. The van der Waals surface area contributed by atoms with Gasteiger partial charge in [-0.05, 0) is 25.0 Å². The quantitative estimate of drug-likeness (QED) is 0.234. The van der Waals surface area contributed by atoms with E-state index in [9.17, 15) is 10.2 Å². The summed E-state index contributed by atoms with van der Waals surface area (Å²) in [5, 5.41) is 31.5. The van der Waals surface area contributed by atoms with Crippen LogP contribution >= 0.6 is 0 Å². The van der Waals surface area contributed by atoms with Crippen molar-refractivity contribution in [2.45, 2.75) is 39.5 Å². The molecule has 0 radical (unpaired) electrons. The van der Waals surface area contributed by atoms with Gasteiger partial charge < -0.3 is 20.8 Å². The molecule has 0 saturated heterocycles. The molecule has 4 N–H and O–H groups in total. The van der Waals surface area contributed by atoms with Gasteiger partial charge in [-0.25, -0.2) is 0 Å². The lowest BCUT2D eigenvalue weighted by atomic mass is 9.97. The molecule has 138 valence electrons. The Kier molecular flexibility index (Phi) is 5.71. The summed E-state index contributed by atoms with van der Waals surface area (Å²) in [5.74, 6) is 0.429. The Bertz CT molecular complexity index is 832. The number of rotatable bonds is 8. The summed E-state index contributed by atoms with van der Waals surface area (Å²) in [4.78, 5) is 0. The lowest BCUT2D eigenvalue weighted by Gasteiger charge is -2.18. The molecule has 0 heterocycles. The minimum absolute atomic E-state index is 0.214. The highest BCUT2D eigenvalue weighted by molar-refractivity contribution is 6.18. The summed E-state index contributed by atoms with van der Waals surface area (Å²) in [6.07, 6.45) is 4.31. The van der Waals surface area contributed by atoms with E-state index in [1.165, 1.54) is 0 Å². The summed E-state index contributed by atoms with van der Waals surface area (Å²) in [6, 6.07) is 11.4. The highest BCUT2D eigenvalue weighted by Gasteiger charge is 2.18. The number of benzene rings is 3. The first-order valence-corrected chi connectivity index (χ1v) is 9.56. The first kappa shape index (κ1) is 18.2. The van der Waals surface area contributed by atoms with E-state index in [2.05, 4.69) is 24.5 Å². The minimum Gasteiger partial charge on any atom is -0.507 e. The predicted molar refractivity (Wildman–Crippen MR) is 112 cm³/mol. The summed E-state index contributed by atoms with van der Waals surface area (Å²) in [7, 11) is 0. The smallest absolute Gasteiger partial charge is 0.133 e. The molecule has 0 aromatic heterocycles. The molecule has 0 aliphatic rings. The molecule has 26 heavy (non-hydrogen) atoms. The number of phenols is 2. The van der Waals surface area contributed by atoms with Crippen molar-refractivity contribution in [2.75, 3.05) is 23.7 Å². The van der Waals surface area contributed by atoms with Crippen molar-refractivity contribution in [2.24, 2.45) is 0 Å². The maximum absolute atomic E-state index is 11.0. The summed E-state index contributed by atoms with van der Waals surface area (Å²) < 4.78 is 0. The van der Waals surface area contributed by atoms with Crippen LogP contribution < -0.4 is 10.6 Å². The average molecular weight is 352 g/mol. The second-order valence-electron chi connectivity index (χ2n) is 6.71. The van der Waals surface area contributed by atoms with Crippen LogP contribution in [0.2, 0.25) is 0 Å². The van der Waals surface area contributed by atoms with Crippen molar-refractivity contribution in [3.8, 4) is 11.5 Å². The third-order valence-corrected chi connectivity index (χ3v) is 4.81. The fourth-order valence-corrected chi connectivity index (χ4v) is 3.35. The van der Waals surface area contributed by atoms with E-state index in [1.807, 2.05) is 36.4 Å². The molecule has 0 fully saturated rings. The zero-order valence-corrected chi connectivity index (χ0v) is 15.6. The molecule has 3 rings (SSSR count). The van der Waals surface area contributed by atoms with Crippen LogP contribution in [0.5, 0.6) is 11.5 Å². The molecule has 4 heteroatoms. The van der Waals surface area contributed by atoms with Crippen LogP contribution in [0.25, 0.3) is 21.5 Å². The number of fused-ring (bicyclic) bond motifs is 2. The molecule has 0 bridgehead atoms. The van der Waals surface area contributed by atoms with Crippen molar-refractivity contribution in [1.82, 2.24) is 0 Å². The number of hydrogen-bond donors (Lipinski definition) is 4. The molecule has 3 aromatic rings. The molecular formula is C22H28N2O2. The largest absolute Gasteiger partial charge is 0.507 e. The van der Waals surface area contributed by atoms with Crippen LogP contribution in [0.3, 0.4) is 0 Å². The Balaban J connectivity index is 2.22. The average Bonchev–Trinajstić information content (AvgIpc) is 2.67. The fraction of sp³-hybridized carbons (Fsp3) is 0.364. The van der Waals surface area contributed by atoms with Crippen molar-refractivity contribution < 1.29 is 10.2 Å². The zero-order chi connectivity index (χ0) is 18.5. The number of phenolic OH excluding ortho intramolecular Hbond substituents is 2. The lowest BCUT2D eigenvalue weighted by Crippen LogP contribution is -2.05. The van der Waals surface area contributed by atoms with Gasteiger partial charge in [0.05, 0.1) is 10.8 Å². The van der Waals surface area contributed by atoms with Crippen molar-refractivity contribution in [1.29, 1.82) is 0 Å². The highest BCUT2D eigenvalue weighted by Crippen LogP contribution is 2.47. The Labute approximate surface area is 154 Å². The van der Waals surface area contributed by atoms with Gasteiger partial charge >= 0.3 is 0 Å². The Morgan fingerprint density at radius 2 is 1.12 bits per heavy atom. The van der Waals surface area contributed by atoms with Crippen molar-refractivity contribution in [3.05, 3.63) is 36.4 Å². The van der Waals surface area contributed by atoms with Gasteiger partial charge in [0.25, 0.3) is 0 Å². The molecule has 3 aromatic carbocycles. The van der Waals surface area contributed by atoms with E-state index in [1.54, 1.807) is 0 Å². The topological polar surface area (TPSA) is 64.5 Å². The van der Waals surface area contributed by atoms with E-state index < -0.39 is 0 Å². The molecule has 4 nitrogen and oxygen atoms in total. The van der Waals surface area contributed by atoms with Gasteiger partial charge in [-0.15, -0.1) is 0 Å². The maximum Gasteiger partial charge on any atom is 0.133 e. The Hall–Kier alpha value is -2.62. The minimum atomic E-state index is 0.214. The van der Waals surface area contributed by atoms with Crippen LogP contribution in [0.4, 0.5) is 11.4 Å². The first-order chi connectivity index (χ1) is 12.7. The summed E-state index contributed by atoms with van der Waals surface area (Å²) >= 11 is 0.